The summed E-state index contributed by atoms with van der Waals surface area (Å²) in [6, 6.07) is 8.99. The number of nitrogens with one attached hydrogen (secondary N) is 1. The van der Waals surface area contributed by atoms with Gasteiger partial charge in [-0.2, -0.15) is 0 Å². The molecule has 0 saturated heterocycles. The lowest BCUT2D eigenvalue weighted by Crippen LogP contribution is -2.33. The Labute approximate surface area is 148 Å². The highest BCUT2D eigenvalue weighted by Crippen LogP contribution is 2.25. The van der Waals surface area contributed by atoms with Crippen LogP contribution >= 0.6 is 11.6 Å². The van der Waals surface area contributed by atoms with Crippen LogP contribution in [0.5, 0.6) is 0 Å². The molecule has 0 aliphatic carbocycles. The lowest BCUT2D eigenvalue weighted by molar-refractivity contribution is -0.116. The zero-order valence-corrected chi connectivity index (χ0v) is 14.1. The second kappa shape index (κ2) is 6.64. The van der Waals surface area contributed by atoms with Crippen molar-refractivity contribution in [2.45, 2.75) is 13.3 Å². The zero-order valence-electron chi connectivity index (χ0n) is 13.3. The van der Waals surface area contributed by atoms with Crippen LogP contribution in [0.4, 0.5) is 10.1 Å². The normalized spacial score (nSPS) is 13.2. The second-order valence-electron chi connectivity index (χ2n) is 5.68. The van der Waals surface area contributed by atoms with Gasteiger partial charge in [0, 0.05) is 23.7 Å². The molecule has 5 nitrogen and oxygen atoms in total. The van der Waals surface area contributed by atoms with Gasteiger partial charge in [0.15, 0.2) is 0 Å². The molecule has 0 saturated carbocycles. The molecule has 0 unspecified atom stereocenters. The highest BCUT2D eigenvalue weighted by atomic mass is 35.5. The number of fused-ring (bicyclic) bond motifs is 1. The number of halogens is 2. The first-order valence-corrected chi connectivity index (χ1v) is 7.97. The summed E-state index contributed by atoms with van der Waals surface area (Å²) in [7, 11) is 0. The van der Waals surface area contributed by atoms with Crippen LogP contribution in [0.3, 0.4) is 0 Å². The Bertz CT molecular complexity index is 898. The number of carbonyl (C=O) groups is 3. The molecule has 0 spiro atoms. The van der Waals surface area contributed by atoms with E-state index < -0.39 is 17.6 Å². The van der Waals surface area contributed by atoms with Crippen LogP contribution in [0.1, 0.15) is 32.7 Å². The van der Waals surface area contributed by atoms with E-state index in [1.165, 1.54) is 12.1 Å². The number of carbonyl (C=O) groups excluding carboxylic acids is 3. The summed E-state index contributed by atoms with van der Waals surface area (Å²) in [6.07, 6.45) is -0.0982. The summed E-state index contributed by atoms with van der Waals surface area (Å²) in [5.41, 5.74) is 1.18. The highest BCUT2D eigenvalue weighted by Gasteiger charge is 2.37. The highest BCUT2D eigenvalue weighted by molar-refractivity contribution is 6.31. The van der Waals surface area contributed by atoms with E-state index in [9.17, 15) is 18.8 Å². The van der Waals surface area contributed by atoms with Crippen LogP contribution in [-0.2, 0) is 4.79 Å². The predicted molar refractivity (Wildman–Crippen MR) is 91.2 cm³/mol. The quantitative estimate of drug-likeness (QED) is 0.850. The molecule has 7 heteroatoms. The fraction of sp³-hybridized carbons (Fsp3) is 0.167. The number of aryl methyl sites for hydroxylation is 1. The molecule has 2 aromatic rings. The molecule has 0 aromatic heterocycles. The van der Waals surface area contributed by atoms with Crippen LogP contribution in [0.15, 0.2) is 36.4 Å². The van der Waals surface area contributed by atoms with E-state index in [0.29, 0.717) is 10.7 Å². The number of imide groups is 1. The molecule has 1 heterocycles. The van der Waals surface area contributed by atoms with Gasteiger partial charge < -0.3 is 5.32 Å². The van der Waals surface area contributed by atoms with E-state index in [4.69, 9.17) is 11.6 Å². The van der Waals surface area contributed by atoms with Gasteiger partial charge in [0.05, 0.1) is 11.1 Å². The molecule has 25 heavy (non-hydrogen) atoms. The summed E-state index contributed by atoms with van der Waals surface area (Å²) in [5.74, 6) is -2.42. The summed E-state index contributed by atoms with van der Waals surface area (Å²) in [5, 5.41) is 3.17. The van der Waals surface area contributed by atoms with Crippen LogP contribution in [0, 0.1) is 12.7 Å². The maximum absolute atomic E-state index is 13.8. The van der Waals surface area contributed by atoms with Gasteiger partial charge in [-0.3, -0.25) is 19.3 Å². The van der Waals surface area contributed by atoms with Crippen molar-refractivity contribution in [3.05, 3.63) is 63.9 Å². The smallest absolute Gasteiger partial charge is 0.264 e. The number of rotatable bonds is 4. The fourth-order valence-corrected chi connectivity index (χ4v) is 2.82. The molecular formula is C18H14ClFN2O3. The molecule has 1 N–H and O–H groups in total. The first kappa shape index (κ1) is 17.1. The van der Waals surface area contributed by atoms with E-state index in [1.54, 1.807) is 18.2 Å². The number of hydrogen-bond acceptors (Lipinski definition) is 3. The first-order chi connectivity index (χ1) is 11.9. The minimum Gasteiger partial charge on any atom is -0.326 e. The number of hydrogen-bond donors (Lipinski definition) is 1. The molecule has 0 atom stereocenters. The Morgan fingerprint density at radius 2 is 1.96 bits per heavy atom. The van der Waals surface area contributed by atoms with E-state index in [0.717, 1.165) is 16.5 Å². The van der Waals surface area contributed by atoms with Gasteiger partial charge in [0.1, 0.15) is 5.82 Å². The average molecular weight is 361 g/mol. The SMILES string of the molecule is Cc1ccc(Cl)cc1NC(=O)CCN1C(=O)c2cccc(F)c2C1=O. The van der Waals surface area contributed by atoms with Crippen molar-refractivity contribution in [1.29, 1.82) is 0 Å². The van der Waals surface area contributed by atoms with Gasteiger partial charge in [-0.25, -0.2) is 4.39 Å². The lowest BCUT2D eigenvalue weighted by Gasteiger charge is -2.14. The Balaban J connectivity index is 1.67. The molecular weight excluding hydrogens is 347 g/mol. The molecule has 2 aromatic carbocycles. The second-order valence-corrected chi connectivity index (χ2v) is 6.12. The van der Waals surface area contributed by atoms with Crippen LogP contribution in [-0.4, -0.2) is 29.2 Å². The molecule has 0 radical (unpaired) electrons. The Morgan fingerprint density at radius 1 is 1.20 bits per heavy atom. The summed E-state index contributed by atoms with van der Waals surface area (Å²) < 4.78 is 13.8. The molecule has 1 aliphatic rings. The van der Waals surface area contributed by atoms with Gasteiger partial charge in [-0.1, -0.05) is 23.7 Å². The van der Waals surface area contributed by atoms with Crippen molar-refractivity contribution >= 4 is 35.0 Å². The minimum atomic E-state index is -0.739. The Kier molecular flexibility index (Phi) is 4.55. The van der Waals surface area contributed by atoms with Crippen LogP contribution in [0.25, 0.3) is 0 Å². The molecule has 1 aliphatic heterocycles. The molecule has 0 fully saturated rings. The van der Waals surface area contributed by atoms with Crippen molar-refractivity contribution < 1.29 is 18.8 Å². The molecule has 0 bridgehead atoms. The zero-order chi connectivity index (χ0) is 18.1. The van der Waals surface area contributed by atoms with E-state index >= 15 is 0 Å². The first-order valence-electron chi connectivity index (χ1n) is 7.59. The van der Waals surface area contributed by atoms with Gasteiger partial charge in [-0.15, -0.1) is 0 Å². The molecule has 3 rings (SSSR count). The third-order valence-corrected chi connectivity index (χ3v) is 4.22. The van der Waals surface area contributed by atoms with E-state index in [2.05, 4.69) is 5.32 Å². The van der Waals surface area contributed by atoms with Gasteiger partial charge >= 0.3 is 0 Å². The van der Waals surface area contributed by atoms with E-state index in [-0.39, 0.29) is 30.0 Å². The van der Waals surface area contributed by atoms with Gasteiger partial charge in [-0.05, 0) is 36.8 Å². The van der Waals surface area contributed by atoms with Crippen molar-refractivity contribution in [1.82, 2.24) is 4.90 Å². The van der Waals surface area contributed by atoms with Gasteiger partial charge in [0.2, 0.25) is 5.91 Å². The average Bonchev–Trinajstić information content (AvgIpc) is 2.81. The van der Waals surface area contributed by atoms with Crippen molar-refractivity contribution in [3.8, 4) is 0 Å². The van der Waals surface area contributed by atoms with E-state index in [1.807, 2.05) is 6.92 Å². The van der Waals surface area contributed by atoms with Crippen molar-refractivity contribution in [2.24, 2.45) is 0 Å². The minimum absolute atomic E-state index is 0.0242. The van der Waals surface area contributed by atoms with Crippen molar-refractivity contribution in [2.75, 3.05) is 11.9 Å². The molecule has 128 valence electrons. The number of amides is 3. The fourth-order valence-electron chi connectivity index (χ4n) is 2.65. The van der Waals surface area contributed by atoms with Crippen LogP contribution < -0.4 is 5.32 Å². The maximum Gasteiger partial charge on any atom is 0.264 e. The van der Waals surface area contributed by atoms with Crippen molar-refractivity contribution in [3.63, 3.8) is 0 Å². The topological polar surface area (TPSA) is 66.5 Å². The van der Waals surface area contributed by atoms with Gasteiger partial charge in [0.25, 0.3) is 11.8 Å². The maximum atomic E-state index is 13.8. The number of benzene rings is 2. The monoisotopic (exact) mass is 360 g/mol. The standard InChI is InChI=1S/C18H14ClFN2O3/c1-10-5-6-11(19)9-14(10)21-15(23)7-8-22-17(24)12-3-2-4-13(20)16(12)18(22)25/h2-6,9H,7-8H2,1H3,(H,21,23). The lowest BCUT2D eigenvalue weighted by atomic mass is 10.1. The number of anilines is 1. The molecule has 3 amide bonds. The number of nitrogens with zero attached hydrogens (tertiary/aromatic N) is 1. The summed E-state index contributed by atoms with van der Waals surface area (Å²) in [4.78, 5) is 37.4. The third kappa shape index (κ3) is 3.25. The summed E-state index contributed by atoms with van der Waals surface area (Å²) >= 11 is 5.90. The largest absolute Gasteiger partial charge is 0.326 e. The van der Waals surface area contributed by atoms with Crippen LogP contribution in [0.2, 0.25) is 5.02 Å². The predicted octanol–water partition coefficient (Wildman–Crippen LogP) is 3.41. The Morgan fingerprint density at radius 3 is 2.68 bits per heavy atom. The third-order valence-electron chi connectivity index (χ3n) is 3.98. The Hall–Kier alpha value is -2.73. The summed E-state index contributed by atoms with van der Waals surface area (Å²) in [6.45, 7) is 1.69.